The van der Waals surface area contributed by atoms with E-state index in [-0.39, 0.29) is 19.1 Å². The molecule has 1 aromatic carbocycles. The summed E-state index contributed by atoms with van der Waals surface area (Å²) in [5.74, 6) is 0.137. The molecule has 0 bridgehead atoms. The highest BCUT2D eigenvalue weighted by Gasteiger charge is 2.59. The SMILES string of the molecule is COC(=O)CC(O)(CCC=C(C)C)C(=O)OC1C(OC)=C[C@]23CCCN2CCc2cc4c(cc2[C@H]13)OCO4. The molecule has 1 aliphatic carbocycles. The number of esters is 2. The van der Waals surface area contributed by atoms with Crippen LogP contribution in [0.3, 0.4) is 0 Å². The number of nitrogens with zero attached hydrogens (tertiary/aromatic N) is 1. The van der Waals surface area contributed by atoms with E-state index in [0.717, 1.165) is 54.8 Å². The number of methoxy groups -OCH3 is 2. The van der Waals surface area contributed by atoms with E-state index in [0.29, 0.717) is 17.9 Å². The minimum Gasteiger partial charge on any atom is -0.497 e. The van der Waals surface area contributed by atoms with E-state index in [4.69, 9.17) is 23.7 Å². The zero-order valence-corrected chi connectivity index (χ0v) is 22.6. The number of carbonyl (C=O) groups excluding carboxylic acids is 2. The highest BCUT2D eigenvalue weighted by atomic mass is 16.7. The normalized spacial score (nSPS) is 26.7. The largest absolute Gasteiger partial charge is 0.497 e. The Morgan fingerprint density at radius 1 is 1.21 bits per heavy atom. The standard InChI is InChI=1S/C29H37NO8/c1-18(2)7-5-10-29(33,16-24(31)35-4)27(32)38-26-23(34-3)15-28-9-6-11-30(28)12-8-19-13-21-22(37-17-36-21)14-20(19)25(26)28/h7,13-15,25-26,33H,5-6,8-12,16-17H2,1-4H3/t25-,26?,28+,29?/m1/s1. The number of benzene rings is 1. The Hall–Kier alpha value is -3.04. The lowest BCUT2D eigenvalue weighted by atomic mass is 9.77. The van der Waals surface area contributed by atoms with E-state index in [2.05, 4.69) is 11.0 Å². The second kappa shape index (κ2) is 10.3. The van der Waals surface area contributed by atoms with Gasteiger partial charge in [0.1, 0.15) is 5.76 Å². The van der Waals surface area contributed by atoms with Crippen LogP contribution in [0.25, 0.3) is 0 Å². The molecule has 1 saturated heterocycles. The predicted molar refractivity (Wildman–Crippen MR) is 138 cm³/mol. The average molecular weight is 528 g/mol. The number of rotatable bonds is 8. The third kappa shape index (κ3) is 4.56. The van der Waals surface area contributed by atoms with Crippen LogP contribution in [0.4, 0.5) is 0 Å². The summed E-state index contributed by atoms with van der Waals surface area (Å²) in [6.07, 6.45) is 5.92. The Morgan fingerprint density at radius 3 is 2.68 bits per heavy atom. The predicted octanol–water partition coefficient (Wildman–Crippen LogP) is 3.39. The fourth-order valence-electron chi connectivity index (χ4n) is 6.49. The lowest BCUT2D eigenvalue weighted by molar-refractivity contribution is -0.178. The molecule has 1 spiro atoms. The van der Waals surface area contributed by atoms with Crippen molar-refractivity contribution in [2.45, 2.75) is 75.5 Å². The zero-order chi connectivity index (χ0) is 27.1. The number of ether oxygens (including phenoxy) is 5. The molecule has 9 heteroatoms. The van der Waals surface area contributed by atoms with Crippen LogP contribution in [-0.2, 0) is 30.2 Å². The van der Waals surface area contributed by atoms with E-state index in [9.17, 15) is 14.7 Å². The molecule has 1 N–H and O–H groups in total. The molecule has 0 aromatic heterocycles. The van der Waals surface area contributed by atoms with Crippen LogP contribution < -0.4 is 9.47 Å². The first-order valence-corrected chi connectivity index (χ1v) is 13.3. The molecule has 5 rings (SSSR count). The van der Waals surface area contributed by atoms with E-state index >= 15 is 0 Å². The summed E-state index contributed by atoms with van der Waals surface area (Å²) in [5, 5.41) is 11.5. The summed E-state index contributed by atoms with van der Waals surface area (Å²) >= 11 is 0. The Morgan fingerprint density at radius 2 is 1.97 bits per heavy atom. The molecule has 4 aliphatic rings. The number of carbonyl (C=O) groups is 2. The van der Waals surface area contributed by atoms with Gasteiger partial charge in [-0.05, 0) is 81.8 Å². The van der Waals surface area contributed by atoms with Crippen molar-refractivity contribution >= 4 is 11.9 Å². The first-order chi connectivity index (χ1) is 18.2. The molecule has 9 nitrogen and oxygen atoms in total. The Balaban J connectivity index is 1.53. The minimum absolute atomic E-state index is 0.0298. The molecule has 206 valence electrons. The van der Waals surface area contributed by atoms with Gasteiger partial charge in [0.2, 0.25) is 6.79 Å². The molecule has 3 aliphatic heterocycles. The Labute approximate surface area is 223 Å². The zero-order valence-electron chi connectivity index (χ0n) is 22.6. The lowest BCUT2D eigenvalue weighted by Gasteiger charge is -2.39. The Kier molecular flexibility index (Phi) is 7.17. The van der Waals surface area contributed by atoms with Crippen molar-refractivity contribution in [1.82, 2.24) is 4.90 Å². The second-order valence-corrected chi connectivity index (χ2v) is 10.9. The topological polar surface area (TPSA) is 104 Å². The van der Waals surface area contributed by atoms with Crippen molar-refractivity contribution in [3.8, 4) is 11.5 Å². The van der Waals surface area contributed by atoms with Gasteiger partial charge in [-0.3, -0.25) is 9.69 Å². The third-order valence-electron chi connectivity index (χ3n) is 8.35. The smallest absolute Gasteiger partial charge is 0.339 e. The summed E-state index contributed by atoms with van der Waals surface area (Å²) < 4.78 is 28.2. The van der Waals surface area contributed by atoms with Crippen molar-refractivity contribution < 1.29 is 38.4 Å². The van der Waals surface area contributed by atoms with Crippen molar-refractivity contribution in [2.24, 2.45) is 0 Å². The number of aliphatic hydroxyl groups is 1. The van der Waals surface area contributed by atoms with Crippen LogP contribution in [-0.4, -0.2) is 73.3 Å². The number of fused-ring (bicyclic) bond motifs is 3. The van der Waals surface area contributed by atoms with Crippen molar-refractivity contribution in [3.05, 3.63) is 46.7 Å². The molecule has 1 fully saturated rings. The molecule has 3 heterocycles. The maximum Gasteiger partial charge on any atom is 0.339 e. The fourth-order valence-corrected chi connectivity index (χ4v) is 6.49. The molecule has 38 heavy (non-hydrogen) atoms. The lowest BCUT2D eigenvalue weighted by Crippen LogP contribution is -2.49. The van der Waals surface area contributed by atoms with Gasteiger partial charge in [-0.25, -0.2) is 4.79 Å². The molecule has 2 unspecified atom stereocenters. The van der Waals surface area contributed by atoms with Crippen LogP contribution in [0, 0.1) is 0 Å². The van der Waals surface area contributed by atoms with Gasteiger partial charge in [0.05, 0.1) is 32.1 Å². The molecular formula is C29H37NO8. The number of allylic oxidation sites excluding steroid dienone is 2. The summed E-state index contributed by atoms with van der Waals surface area (Å²) in [7, 11) is 2.81. The fraction of sp³-hybridized carbons (Fsp3) is 0.586. The Bertz CT molecular complexity index is 1170. The van der Waals surface area contributed by atoms with Crippen LogP contribution in [0.2, 0.25) is 0 Å². The summed E-state index contributed by atoms with van der Waals surface area (Å²) in [5.41, 5.74) is 0.772. The maximum atomic E-state index is 13.7. The number of hydrogen-bond acceptors (Lipinski definition) is 9. The van der Waals surface area contributed by atoms with Gasteiger partial charge in [-0.1, -0.05) is 11.6 Å². The van der Waals surface area contributed by atoms with Gasteiger partial charge in [0.15, 0.2) is 23.2 Å². The van der Waals surface area contributed by atoms with Crippen LogP contribution in [0.5, 0.6) is 11.5 Å². The van der Waals surface area contributed by atoms with E-state index in [1.807, 2.05) is 32.1 Å². The summed E-state index contributed by atoms with van der Waals surface area (Å²) in [4.78, 5) is 28.4. The highest BCUT2D eigenvalue weighted by molar-refractivity contribution is 5.86. The summed E-state index contributed by atoms with van der Waals surface area (Å²) in [6, 6.07) is 4.04. The molecule has 4 atom stereocenters. The monoisotopic (exact) mass is 527 g/mol. The van der Waals surface area contributed by atoms with Gasteiger partial charge in [0, 0.05) is 6.54 Å². The maximum absolute atomic E-state index is 13.7. The quantitative estimate of drug-likeness (QED) is 0.402. The summed E-state index contributed by atoms with van der Waals surface area (Å²) in [6.45, 7) is 5.83. The van der Waals surface area contributed by atoms with Gasteiger partial charge in [-0.15, -0.1) is 0 Å². The van der Waals surface area contributed by atoms with Crippen LogP contribution in [0.1, 0.15) is 63.0 Å². The first-order valence-electron chi connectivity index (χ1n) is 13.3. The number of hydrogen-bond donors (Lipinski definition) is 1. The highest BCUT2D eigenvalue weighted by Crippen LogP contribution is 2.55. The van der Waals surface area contributed by atoms with E-state index < -0.39 is 35.6 Å². The first kappa shape index (κ1) is 26.6. The third-order valence-corrected chi connectivity index (χ3v) is 8.35. The van der Waals surface area contributed by atoms with E-state index in [1.165, 1.54) is 7.11 Å². The molecule has 0 radical (unpaired) electrons. The molecule has 1 aromatic rings. The molecule has 0 saturated carbocycles. The van der Waals surface area contributed by atoms with Crippen LogP contribution in [0.15, 0.2) is 35.6 Å². The van der Waals surface area contributed by atoms with E-state index in [1.54, 1.807) is 7.11 Å². The van der Waals surface area contributed by atoms with Gasteiger partial charge < -0.3 is 28.8 Å². The average Bonchev–Trinajstić information content (AvgIpc) is 3.57. The second-order valence-electron chi connectivity index (χ2n) is 10.9. The van der Waals surface area contributed by atoms with Crippen LogP contribution >= 0.6 is 0 Å². The van der Waals surface area contributed by atoms with Crippen molar-refractivity contribution in [2.75, 3.05) is 34.1 Å². The minimum atomic E-state index is -2.04. The van der Waals surface area contributed by atoms with Crippen molar-refractivity contribution in [1.29, 1.82) is 0 Å². The molecular weight excluding hydrogens is 490 g/mol. The van der Waals surface area contributed by atoms with Gasteiger partial charge >= 0.3 is 11.9 Å². The van der Waals surface area contributed by atoms with Gasteiger partial charge in [0.25, 0.3) is 0 Å². The molecule has 0 amide bonds. The van der Waals surface area contributed by atoms with Crippen molar-refractivity contribution in [3.63, 3.8) is 0 Å². The van der Waals surface area contributed by atoms with Gasteiger partial charge in [-0.2, -0.15) is 0 Å².